The van der Waals surface area contributed by atoms with Crippen molar-refractivity contribution in [3.8, 4) is 11.3 Å². The second-order valence-electron chi connectivity index (χ2n) is 7.79. The third-order valence-electron chi connectivity index (χ3n) is 5.66. The topological polar surface area (TPSA) is 51.9 Å². The van der Waals surface area contributed by atoms with Gasteiger partial charge in [0.15, 0.2) is 0 Å². The Morgan fingerprint density at radius 1 is 1.14 bits per heavy atom. The van der Waals surface area contributed by atoms with Crippen LogP contribution in [0.1, 0.15) is 17.9 Å². The van der Waals surface area contributed by atoms with Gasteiger partial charge in [-0.15, -0.1) is 0 Å². The molecule has 5 heteroatoms. The Morgan fingerprint density at radius 3 is 2.79 bits per heavy atom. The normalized spacial score (nSPS) is 16.0. The van der Waals surface area contributed by atoms with Crippen molar-refractivity contribution < 1.29 is 4.79 Å². The van der Waals surface area contributed by atoms with Gasteiger partial charge in [0, 0.05) is 41.8 Å². The number of carbonyl (C=O) groups excluding carboxylic acids is 1. The molecule has 0 aliphatic carbocycles. The number of fused-ring (bicyclic) bond motifs is 2. The molecule has 0 saturated carbocycles. The molecule has 2 aromatic carbocycles. The molecule has 146 valence electrons. The Kier molecular flexibility index (Phi) is 4.43. The van der Waals surface area contributed by atoms with E-state index in [1.807, 2.05) is 37.3 Å². The summed E-state index contributed by atoms with van der Waals surface area (Å²) in [4.78, 5) is 17.5. The van der Waals surface area contributed by atoms with Crippen molar-refractivity contribution >= 4 is 16.8 Å². The van der Waals surface area contributed by atoms with Gasteiger partial charge in [-0.3, -0.25) is 4.79 Å². The van der Waals surface area contributed by atoms with Crippen molar-refractivity contribution in [2.24, 2.45) is 0 Å². The zero-order valence-corrected chi connectivity index (χ0v) is 16.5. The van der Waals surface area contributed by atoms with Gasteiger partial charge in [-0.05, 0) is 31.0 Å². The molecule has 1 unspecified atom stereocenters. The second kappa shape index (κ2) is 7.24. The van der Waals surface area contributed by atoms with E-state index in [4.69, 9.17) is 0 Å². The molecule has 0 fully saturated rings. The molecule has 1 N–H and O–H groups in total. The Hall–Kier alpha value is -3.34. The average Bonchev–Trinajstić information content (AvgIpc) is 3.28. The van der Waals surface area contributed by atoms with Crippen molar-refractivity contribution in [1.82, 2.24) is 19.4 Å². The van der Waals surface area contributed by atoms with Crippen LogP contribution in [0, 0.1) is 6.92 Å². The minimum absolute atomic E-state index is 0.0498. The van der Waals surface area contributed by atoms with Crippen molar-refractivity contribution in [3.63, 3.8) is 0 Å². The van der Waals surface area contributed by atoms with E-state index in [1.165, 1.54) is 0 Å². The van der Waals surface area contributed by atoms with E-state index in [0.29, 0.717) is 6.54 Å². The second-order valence-corrected chi connectivity index (χ2v) is 7.79. The first-order valence-electron chi connectivity index (χ1n) is 10.1. The van der Waals surface area contributed by atoms with Crippen LogP contribution in [0.25, 0.3) is 22.2 Å². The van der Waals surface area contributed by atoms with Gasteiger partial charge in [0.05, 0.1) is 5.69 Å². The van der Waals surface area contributed by atoms with Crippen LogP contribution in [0.2, 0.25) is 0 Å². The molecule has 1 aliphatic heterocycles. The number of nitrogens with one attached hydrogen (secondary N) is 1. The molecule has 0 saturated heterocycles. The van der Waals surface area contributed by atoms with Crippen molar-refractivity contribution in [3.05, 3.63) is 78.4 Å². The number of amides is 1. The van der Waals surface area contributed by atoms with Gasteiger partial charge in [-0.2, -0.15) is 0 Å². The van der Waals surface area contributed by atoms with Crippen LogP contribution in [0.5, 0.6) is 0 Å². The highest BCUT2D eigenvalue weighted by Gasteiger charge is 2.22. The number of carbonyl (C=O) groups is 1. The van der Waals surface area contributed by atoms with E-state index in [1.54, 1.807) is 0 Å². The third-order valence-corrected chi connectivity index (χ3v) is 5.66. The first kappa shape index (κ1) is 17.7. The maximum atomic E-state index is 13.0. The molecule has 1 amide bonds. The zero-order valence-electron chi connectivity index (χ0n) is 16.5. The molecule has 5 rings (SSSR count). The van der Waals surface area contributed by atoms with Gasteiger partial charge in [-0.25, -0.2) is 4.98 Å². The summed E-state index contributed by atoms with van der Waals surface area (Å²) in [5, 5.41) is 4.39. The monoisotopic (exact) mass is 384 g/mol. The van der Waals surface area contributed by atoms with Gasteiger partial charge in [-0.1, -0.05) is 48.5 Å². The molecule has 29 heavy (non-hydrogen) atoms. The third kappa shape index (κ3) is 3.44. The van der Waals surface area contributed by atoms with Crippen LogP contribution in [-0.2, 0) is 24.3 Å². The number of nitrogens with zero attached hydrogens (tertiary/aromatic N) is 3. The van der Waals surface area contributed by atoms with E-state index in [9.17, 15) is 4.79 Å². The van der Waals surface area contributed by atoms with Crippen LogP contribution in [0.3, 0.4) is 0 Å². The van der Waals surface area contributed by atoms with Gasteiger partial charge in [0.25, 0.3) is 0 Å². The summed E-state index contributed by atoms with van der Waals surface area (Å²) in [5.74, 6) is 1.17. The zero-order chi connectivity index (χ0) is 19.8. The molecule has 3 heterocycles. The van der Waals surface area contributed by atoms with E-state index < -0.39 is 0 Å². The molecule has 1 aliphatic rings. The highest BCUT2D eigenvalue weighted by molar-refractivity contribution is 5.89. The van der Waals surface area contributed by atoms with Crippen LogP contribution in [-0.4, -0.2) is 26.1 Å². The van der Waals surface area contributed by atoms with E-state index in [2.05, 4.69) is 56.0 Å². The number of rotatable bonds is 4. The summed E-state index contributed by atoms with van der Waals surface area (Å²) in [7, 11) is 0. The summed E-state index contributed by atoms with van der Waals surface area (Å²) in [6.07, 6.45) is 3.90. The summed E-state index contributed by atoms with van der Waals surface area (Å²) >= 11 is 0. The maximum absolute atomic E-state index is 13.0. The highest BCUT2D eigenvalue weighted by Crippen LogP contribution is 2.28. The lowest BCUT2D eigenvalue weighted by atomic mass is 10.1. The molecule has 0 spiro atoms. The molecule has 0 radical (unpaired) electrons. The van der Waals surface area contributed by atoms with Crippen molar-refractivity contribution in [1.29, 1.82) is 0 Å². The van der Waals surface area contributed by atoms with Crippen molar-refractivity contribution in [2.75, 3.05) is 0 Å². The highest BCUT2D eigenvalue weighted by atomic mass is 16.2. The van der Waals surface area contributed by atoms with Crippen LogP contribution in [0.15, 0.2) is 66.9 Å². The average molecular weight is 384 g/mol. The van der Waals surface area contributed by atoms with Gasteiger partial charge >= 0.3 is 0 Å². The van der Waals surface area contributed by atoms with Crippen LogP contribution < -0.4 is 5.32 Å². The lowest BCUT2D eigenvalue weighted by molar-refractivity contribution is -0.122. The van der Waals surface area contributed by atoms with Crippen LogP contribution in [0.4, 0.5) is 0 Å². The smallest absolute Gasteiger partial charge is 0.240 e. The summed E-state index contributed by atoms with van der Waals surface area (Å²) in [5.41, 5.74) is 4.31. The van der Waals surface area contributed by atoms with Gasteiger partial charge in [0.1, 0.15) is 12.4 Å². The van der Waals surface area contributed by atoms with Gasteiger partial charge in [0.2, 0.25) is 5.91 Å². The lowest BCUT2D eigenvalue weighted by Crippen LogP contribution is -2.42. The fourth-order valence-corrected chi connectivity index (χ4v) is 4.35. The fourth-order valence-electron chi connectivity index (χ4n) is 4.35. The minimum atomic E-state index is 0.0498. The number of imidazole rings is 1. The number of benzene rings is 2. The predicted molar refractivity (Wildman–Crippen MR) is 115 cm³/mol. The Morgan fingerprint density at radius 2 is 1.93 bits per heavy atom. The molecule has 4 aromatic rings. The SMILES string of the molecule is Cc1cn2c(n1)CCC(NC(=O)Cn1c(-c3ccccc3)cc3ccccc31)C2. The summed E-state index contributed by atoms with van der Waals surface area (Å²) in [6.45, 7) is 3.12. The molecule has 1 atom stereocenters. The first-order chi connectivity index (χ1) is 14.2. The molecule has 5 nitrogen and oxygen atoms in total. The van der Waals surface area contributed by atoms with Crippen LogP contribution >= 0.6 is 0 Å². The van der Waals surface area contributed by atoms with E-state index in [-0.39, 0.29) is 11.9 Å². The van der Waals surface area contributed by atoms with E-state index in [0.717, 1.165) is 53.1 Å². The number of aryl methyl sites for hydroxylation is 2. The fraction of sp³-hybridized carbons (Fsp3) is 0.250. The number of hydrogen-bond acceptors (Lipinski definition) is 2. The van der Waals surface area contributed by atoms with Gasteiger partial charge < -0.3 is 14.5 Å². The standard InChI is InChI=1S/C24H24N4O/c1-17-14-27-15-20(11-12-23(27)25-17)26-24(29)16-28-21-10-6-5-9-19(21)13-22(28)18-7-3-2-4-8-18/h2-10,13-14,20H,11-12,15-16H2,1H3,(H,26,29). The largest absolute Gasteiger partial charge is 0.350 e. The number of hydrogen-bond donors (Lipinski definition) is 1. The Balaban J connectivity index is 1.39. The summed E-state index contributed by atoms with van der Waals surface area (Å²) < 4.78 is 4.29. The van der Waals surface area contributed by atoms with E-state index >= 15 is 0 Å². The molecule has 0 bridgehead atoms. The molecule has 2 aromatic heterocycles. The Labute approximate surface area is 170 Å². The quantitative estimate of drug-likeness (QED) is 0.579. The molecular weight excluding hydrogens is 360 g/mol. The Bertz CT molecular complexity index is 1170. The summed E-state index contributed by atoms with van der Waals surface area (Å²) in [6, 6.07) is 20.8. The number of aromatic nitrogens is 3. The number of para-hydroxylation sites is 1. The minimum Gasteiger partial charge on any atom is -0.350 e. The maximum Gasteiger partial charge on any atom is 0.240 e. The lowest BCUT2D eigenvalue weighted by Gasteiger charge is -2.25. The first-order valence-corrected chi connectivity index (χ1v) is 10.1. The van der Waals surface area contributed by atoms with Crippen molar-refractivity contribution in [2.45, 2.75) is 38.9 Å². The predicted octanol–water partition coefficient (Wildman–Crippen LogP) is 3.94. The molecular formula is C24H24N4O.